The van der Waals surface area contributed by atoms with Gasteiger partial charge in [0.15, 0.2) is 0 Å². The molecule has 1 aliphatic heterocycles. The summed E-state index contributed by atoms with van der Waals surface area (Å²) in [7, 11) is 0. The Hall–Kier alpha value is -2.98. The summed E-state index contributed by atoms with van der Waals surface area (Å²) in [6, 6.07) is 20.3. The standard InChI is InChI=1S/C28H31N3O/c1-19-14-23(17-29-16-19)28(32)30-26-10-11-27-25(26)12-13-31(27)18-21-7-5-8-22(15-21)24-9-4-3-6-20(24)2/h3-9,14-17,25-27H,10-13,18H2,1-2H3,(H,30,32)/t25-,26-,27+/m0/s1. The highest BCUT2D eigenvalue weighted by atomic mass is 16.1. The predicted octanol–water partition coefficient (Wildman–Crippen LogP) is 5.15. The quantitative estimate of drug-likeness (QED) is 0.615. The molecule has 1 saturated carbocycles. The van der Waals surface area contributed by atoms with Crippen LogP contribution >= 0.6 is 0 Å². The second kappa shape index (κ2) is 8.87. The van der Waals surface area contributed by atoms with Gasteiger partial charge in [-0.05, 0) is 85.5 Å². The van der Waals surface area contributed by atoms with Gasteiger partial charge in [-0.1, -0.05) is 42.5 Å². The van der Waals surface area contributed by atoms with Crippen molar-refractivity contribution in [3.63, 3.8) is 0 Å². The fourth-order valence-corrected chi connectivity index (χ4v) is 5.65. The molecular weight excluding hydrogens is 394 g/mol. The predicted molar refractivity (Wildman–Crippen MR) is 128 cm³/mol. The highest BCUT2D eigenvalue weighted by Gasteiger charge is 2.44. The van der Waals surface area contributed by atoms with Crippen LogP contribution in [0.4, 0.5) is 0 Å². The first-order chi connectivity index (χ1) is 15.6. The third-order valence-electron chi connectivity index (χ3n) is 7.23. The van der Waals surface area contributed by atoms with Crippen LogP contribution in [-0.4, -0.2) is 34.4 Å². The van der Waals surface area contributed by atoms with E-state index in [-0.39, 0.29) is 11.9 Å². The van der Waals surface area contributed by atoms with E-state index in [0.29, 0.717) is 17.5 Å². The molecule has 5 rings (SSSR count). The van der Waals surface area contributed by atoms with Crippen LogP contribution in [0.2, 0.25) is 0 Å². The lowest BCUT2D eigenvalue weighted by atomic mass is 9.98. The van der Waals surface area contributed by atoms with E-state index in [1.165, 1.54) is 22.3 Å². The van der Waals surface area contributed by atoms with Gasteiger partial charge in [0.05, 0.1) is 5.56 Å². The van der Waals surface area contributed by atoms with Crippen molar-refractivity contribution in [3.8, 4) is 11.1 Å². The summed E-state index contributed by atoms with van der Waals surface area (Å²) in [5.74, 6) is 0.549. The van der Waals surface area contributed by atoms with Crippen LogP contribution in [0.5, 0.6) is 0 Å². The number of rotatable bonds is 5. The smallest absolute Gasteiger partial charge is 0.253 e. The Morgan fingerprint density at radius 2 is 1.91 bits per heavy atom. The molecule has 1 aliphatic carbocycles. The molecule has 0 bridgehead atoms. The molecule has 2 aliphatic rings. The molecular formula is C28H31N3O. The minimum Gasteiger partial charge on any atom is -0.349 e. The van der Waals surface area contributed by atoms with Gasteiger partial charge in [0.1, 0.15) is 0 Å². The van der Waals surface area contributed by atoms with Gasteiger partial charge >= 0.3 is 0 Å². The third kappa shape index (κ3) is 4.20. The summed E-state index contributed by atoms with van der Waals surface area (Å²) < 4.78 is 0. The topological polar surface area (TPSA) is 45.2 Å². The number of amides is 1. The van der Waals surface area contributed by atoms with Gasteiger partial charge in [0.2, 0.25) is 0 Å². The van der Waals surface area contributed by atoms with Crippen LogP contribution in [0, 0.1) is 19.8 Å². The van der Waals surface area contributed by atoms with Crippen molar-refractivity contribution in [1.29, 1.82) is 0 Å². The second-order valence-electron chi connectivity index (χ2n) is 9.41. The maximum absolute atomic E-state index is 12.7. The number of pyridine rings is 1. The fourth-order valence-electron chi connectivity index (χ4n) is 5.65. The summed E-state index contributed by atoms with van der Waals surface area (Å²) in [4.78, 5) is 19.5. The van der Waals surface area contributed by atoms with Crippen LogP contribution in [0.25, 0.3) is 11.1 Å². The van der Waals surface area contributed by atoms with Gasteiger partial charge in [0, 0.05) is 31.0 Å². The molecule has 3 atom stereocenters. The molecule has 2 aromatic carbocycles. The summed E-state index contributed by atoms with van der Waals surface area (Å²) in [6.07, 6.45) is 6.81. The number of hydrogen-bond acceptors (Lipinski definition) is 3. The van der Waals surface area contributed by atoms with E-state index in [9.17, 15) is 4.79 Å². The highest BCUT2D eigenvalue weighted by molar-refractivity contribution is 5.94. The number of nitrogens with one attached hydrogen (secondary N) is 1. The first-order valence-corrected chi connectivity index (χ1v) is 11.7. The molecule has 0 radical (unpaired) electrons. The Morgan fingerprint density at radius 1 is 1.03 bits per heavy atom. The highest BCUT2D eigenvalue weighted by Crippen LogP contribution is 2.39. The van der Waals surface area contributed by atoms with E-state index in [1.807, 2.05) is 13.0 Å². The second-order valence-corrected chi connectivity index (χ2v) is 9.41. The molecule has 4 heteroatoms. The monoisotopic (exact) mass is 425 g/mol. The summed E-state index contributed by atoms with van der Waals surface area (Å²) >= 11 is 0. The molecule has 0 spiro atoms. The zero-order valence-electron chi connectivity index (χ0n) is 18.9. The lowest BCUT2D eigenvalue weighted by molar-refractivity contribution is 0.0926. The van der Waals surface area contributed by atoms with Crippen LogP contribution in [-0.2, 0) is 6.54 Å². The van der Waals surface area contributed by atoms with Crippen LogP contribution in [0.15, 0.2) is 67.0 Å². The third-order valence-corrected chi connectivity index (χ3v) is 7.23. The first-order valence-electron chi connectivity index (χ1n) is 11.7. The number of aromatic nitrogens is 1. The van der Waals surface area contributed by atoms with Gasteiger partial charge < -0.3 is 5.32 Å². The van der Waals surface area contributed by atoms with E-state index in [4.69, 9.17) is 0 Å². The SMILES string of the molecule is Cc1cncc(C(=O)N[C@H]2CC[C@@H]3[C@H]2CCN3Cc2cccc(-c3ccccc3C)c2)c1. The Labute approximate surface area is 190 Å². The average Bonchev–Trinajstić information content (AvgIpc) is 3.38. The molecule has 1 aromatic heterocycles. The molecule has 1 N–H and O–H groups in total. The maximum atomic E-state index is 12.7. The molecule has 164 valence electrons. The van der Waals surface area contributed by atoms with Gasteiger partial charge in [-0.25, -0.2) is 0 Å². The number of aryl methyl sites for hydroxylation is 2. The van der Waals surface area contributed by atoms with Crippen molar-refractivity contribution in [1.82, 2.24) is 15.2 Å². The van der Waals surface area contributed by atoms with Crippen LogP contribution < -0.4 is 5.32 Å². The number of hydrogen-bond donors (Lipinski definition) is 1. The molecule has 32 heavy (non-hydrogen) atoms. The zero-order valence-corrected chi connectivity index (χ0v) is 18.9. The van der Waals surface area contributed by atoms with Crippen molar-refractivity contribution in [3.05, 3.63) is 89.2 Å². The number of likely N-dealkylation sites (tertiary alicyclic amines) is 1. The summed E-state index contributed by atoms with van der Waals surface area (Å²) in [5, 5.41) is 3.31. The Bertz CT molecular complexity index is 1120. The van der Waals surface area contributed by atoms with Gasteiger partial charge in [-0.15, -0.1) is 0 Å². The Kier molecular flexibility index (Phi) is 5.79. The van der Waals surface area contributed by atoms with E-state index in [2.05, 4.69) is 70.7 Å². The summed E-state index contributed by atoms with van der Waals surface area (Å²) in [5.41, 5.74) is 6.95. The number of benzene rings is 2. The van der Waals surface area contributed by atoms with Crippen LogP contribution in [0.1, 0.15) is 46.3 Å². The van der Waals surface area contributed by atoms with Crippen molar-refractivity contribution in [2.75, 3.05) is 6.54 Å². The van der Waals surface area contributed by atoms with Crippen molar-refractivity contribution in [2.45, 2.75) is 51.7 Å². The van der Waals surface area contributed by atoms with E-state index in [1.54, 1.807) is 12.4 Å². The first kappa shape index (κ1) is 20.9. The average molecular weight is 426 g/mol. The Morgan fingerprint density at radius 3 is 2.75 bits per heavy atom. The lowest BCUT2D eigenvalue weighted by Gasteiger charge is -2.25. The number of carbonyl (C=O) groups is 1. The van der Waals surface area contributed by atoms with Gasteiger partial charge in [0.25, 0.3) is 5.91 Å². The Balaban J connectivity index is 1.25. The summed E-state index contributed by atoms with van der Waals surface area (Å²) in [6.45, 7) is 6.22. The van der Waals surface area contributed by atoms with Gasteiger partial charge in [-0.2, -0.15) is 0 Å². The number of carbonyl (C=O) groups excluding carboxylic acids is 1. The number of nitrogens with zero attached hydrogens (tertiary/aromatic N) is 2. The van der Waals surface area contributed by atoms with Crippen molar-refractivity contribution >= 4 is 5.91 Å². The van der Waals surface area contributed by atoms with Crippen LogP contribution in [0.3, 0.4) is 0 Å². The largest absolute Gasteiger partial charge is 0.349 e. The zero-order chi connectivity index (χ0) is 22.1. The van der Waals surface area contributed by atoms with E-state index < -0.39 is 0 Å². The van der Waals surface area contributed by atoms with E-state index >= 15 is 0 Å². The minimum atomic E-state index is 0.0104. The number of fused-ring (bicyclic) bond motifs is 1. The van der Waals surface area contributed by atoms with Gasteiger partial charge in [-0.3, -0.25) is 14.7 Å². The normalized spacial score (nSPS) is 22.6. The molecule has 2 fully saturated rings. The molecule has 2 heterocycles. The molecule has 3 aromatic rings. The molecule has 1 saturated heterocycles. The van der Waals surface area contributed by atoms with E-state index in [0.717, 1.165) is 37.9 Å². The molecule has 0 unspecified atom stereocenters. The molecule has 4 nitrogen and oxygen atoms in total. The van der Waals surface area contributed by atoms with Crippen molar-refractivity contribution in [2.24, 2.45) is 5.92 Å². The molecule has 1 amide bonds. The lowest BCUT2D eigenvalue weighted by Crippen LogP contribution is -2.39. The maximum Gasteiger partial charge on any atom is 0.253 e. The minimum absolute atomic E-state index is 0.0104. The fraction of sp³-hybridized carbons (Fsp3) is 0.357. The van der Waals surface area contributed by atoms with Crippen molar-refractivity contribution < 1.29 is 4.79 Å².